The summed E-state index contributed by atoms with van der Waals surface area (Å²) in [6.07, 6.45) is 8.88. The van der Waals surface area contributed by atoms with Gasteiger partial charge in [-0.25, -0.2) is 0 Å². The number of hydrogen-bond donors (Lipinski definition) is 0. The molecule has 4 aromatic rings. The summed E-state index contributed by atoms with van der Waals surface area (Å²) in [5, 5.41) is 0. The Morgan fingerprint density at radius 3 is 1.32 bits per heavy atom. The molecule has 2 unspecified atom stereocenters. The smallest absolute Gasteiger partial charge is 1.00 e. The van der Waals surface area contributed by atoms with Crippen molar-refractivity contribution in [2.75, 3.05) is 14.2 Å². The molecular weight excluding hydrogens is 750 g/mol. The second-order valence-corrected chi connectivity index (χ2v) is 28.8. The first kappa shape index (κ1) is 32.8. The van der Waals surface area contributed by atoms with Crippen molar-refractivity contribution in [3.05, 3.63) is 118 Å². The fourth-order valence-electron chi connectivity index (χ4n) is 8.27. The predicted octanol–water partition coefficient (Wildman–Crippen LogP) is 4.84. The number of ether oxygens (including phenoxy) is 2. The molecule has 226 valence electrons. The van der Waals surface area contributed by atoms with Crippen LogP contribution in [0.5, 0.6) is 11.5 Å². The molecule has 0 N–H and O–H groups in total. The van der Waals surface area contributed by atoms with Gasteiger partial charge in [-0.2, -0.15) is 0 Å². The molecule has 3 aliphatic rings. The second kappa shape index (κ2) is 13.4. The molecular formula is C39H40Cl2HfO2. The van der Waals surface area contributed by atoms with Gasteiger partial charge >= 0.3 is 257 Å². The largest absolute Gasteiger partial charge is 1.00 e. The molecule has 0 spiro atoms. The summed E-state index contributed by atoms with van der Waals surface area (Å²) in [6.45, 7) is 4.78. The minimum atomic E-state index is -3.01. The Kier molecular flexibility index (Phi) is 10.00. The van der Waals surface area contributed by atoms with Crippen molar-refractivity contribution in [2.24, 2.45) is 0 Å². The zero-order valence-corrected chi connectivity index (χ0v) is 31.1. The van der Waals surface area contributed by atoms with Gasteiger partial charge in [0.2, 0.25) is 0 Å². The van der Waals surface area contributed by atoms with E-state index >= 15 is 0 Å². The van der Waals surface area contributed by atoms with Crippen molar-refractivity contribution < 1.29 is 54.3 Å². The number of rotatable bonds is 8. The first-order chi connectivity index (χ1) is 20.6. The van der Waals surface area contributed by atoms with Gasteiger partial charge in [0.15, 0.2) is 0 Å². The Morgan fingerprint density at radius 2 is 1.00 bits per heavy atom. The average Bonchev–Trinajstić information content (AvgIpc) is 3.60. The molecule has 1 saturated heterocycles. The SMILES string of the molecule is CCC1=Cc2c(-c3ccc(OC)cc3)cccc2[CH]1[Hf+2]1([CH]2C(CC)=Cc3c(-c4ccc(OC)cc4)cccc32)[CH2]C[CH2]1.[Cl-].[Cl-]. The second-order valence-electron chi connectivity index (χ2n) is 12.2. The summed E-state index contributed by atoms with van der Waals surface area (Å²) >= 11 is -3.01. The number of hydrogen-bond acceptors (Lipinski definition) is 2. The maximum atomic E-state index is 5.46. The van der Waals surface area contributed by atoms with Crippen molar-refractivity contribution >= 4 is 12.2 Å². The molecule has 2 nitrogen and oxygen atoms in total. The third-order valence-electron chi connectivity index (χ3n) is 10.4. The van der Waals surface area contributed by atoms with E-state index in [9.17, 15) is 0 Å². The van der Waals surface area contributed by atoms with Crippen LogP contribution in [0.2, 0.25) is 8.35 Å². The van der Waals surface area contributed by atoms with E-state index in [1.165, 1.54) is 48.2 Å². The van der Waals surface area contributed by atoms with Crippen LogP contribution >= 0.6 is 0 Å². The quantitative estimate of drug-likeness (QED) is 0.239. The fourth-order valence-corrected chi connectivity index (χ4v) is 31.5. The maximum absolute atomic E-state index is 5.46. The topological polar surface area (TPSA) is 18.5 Å². The van der Waals surface area contributed by atoms with Gasteiger partial charge in [0.1, 0.15) is 0 Å². The molecule has 7 rings (SSSR count). The number of allylic oxidation sites excluding steroid dienone is 2. The van der Waals surface area contributed by atoms with Crippen LogP contribution in [0.4, 0.5) is 0 Å². The van der Waals surface area contributed by atoms with Gasteiger partial charge in [-0.15, -0.1) is 0 Å². The molecule has 0 amide bonds. The minimum absolute atomic E-state index is 0. The van der Waals surface area contributed by atoms with E-state index in [1.54, 1.807) is 36.5 Å². The van der Waals surface area contributed by atoms with Crippen LogP contribution in [-0.4, -0.2) is 14.2 Å². The molecule has 0 saturated carbocycles. The van der Waals surface area contributed by atoms with Crippen LogP contribution in [0, 0.1) is 0 Å². The average molecular weight is 790 g/mol. The van der Waals surface area contributed by atoms with Crippen LogP contribution in [0.25, 0.3) is 34.4 Å². The maximum Gasteiger partial charge on any atom is -1.00 e. The first-order valence-electron chi connectivity index (χ1n) is 15.6. The molecule has 0 radical (unpaired) electrons. The summed E-state index contributed by atoms with van der Waals surface area (Å²) in [4.78, 5) is 0. The van der Waals surface area contributed by atoms with Gasteiger partial charge in [0, 0.05) is 0 Å². The van der Waals surface area contributed by atoms with Crippen molar-refractivity contribution in [1.82, 2.24) is 0 Å². The van der Waals surface area contributed by atoms with Gasteiger partial charge in [-0.05, 0) is 0 Å². The molecule has 2 aliphatic carbocycles. The monoisotopic (exact) mass is 790 g/mol. The van der Waals surface area contributed by atoms with Crippen molar-refractivity contribution in [3.63, 3.8) is 0 Å². The van der Waals surface area contributed by atoms with E-state index in [4.69, 9.17) is 9.47 Å². The standard InChI is InChI=1S/2C18H17O.C3H6.2ClH.Hf/c2*1-3-13-11-15-5-4-6-17(18(15)12-13)14-7-9-16(19-2)10-8-14;1-3-2;;;/h2*4-12H,3H2,1-2H3;1-3H2;2*1H;/q;;;;;+2/p-2. The van der Waals surface area contributed by atoms with E-state index in [2.05, 4.69) is 111 Å². The van der Waals surface area contributed by atoms with E-state index in [0.717, 1.165) is 24.3 Å². The summed E-state index contributed by atoms with van der Waals surface area (Å²) < 4.78 is 15.2. The number of fused-ring (bicyclic) bond motifs is 2. The van der Waals surface area contributed by atoms with Crippen LogP contribution in [-0.2, 0) is 20.0 Å². The van der Waals surface area contributed by atoms with Crippen LogP contribution < -0.4 is 34.3 Å². The summed E-state index contributed by atoms with van der Waals surface area (Å²) in [5.74, 6) is 1.82. The van der Waals surface area contributed by atoms with Crippen molar-refractivity contribution in [2.45, 2.75) is 48.8 Å². The molecule has 0 bridgehead atoms. The Bertz CT molecular complexity index is 1580. The van der Waals surface area contributed by atoms with Crippen LogP contribution in [0.3, 0.4) is 0 Å². The molecule has 4 aromatic carbocycles. The molecule has 1 heterocycles. The van der Waals surface area contributed by atoms with Gasteiger partial charge in [0.25, 0.3) is 0 Å². The van der Waals surface area contributed by atoms with Crippen molar-refractivity contribution in [1.29, 1.82) is 0 Å². The predicted molar refractivity (Wildman–Crippen MR) is 173 cm³/mol. The summed E-state index contributed by atoms with van der Waals surface area (Å²) in [7, 11) is 3.48. The number of halogens is 2. The number of benzene rings is 4. The zero-order chi connectivity index (χ0) is 28.8. The zero-order valence-electron chi connectivity index (χ0n) is 26.0. The Hall–Kier alpha value is -2.59. The van der Waals surface area contributed by atoms with Gasteiger partial charge in [-0.3, -0.25) is 0 Å². The minimum Gasteiger partial charge on any atom is -1.00 e. The molecule has 1 aliphatic heterocycles. The normalized spacial score (nSPS) is 18.2. The molecule has 2 atom stereocenters. The molecule has 5 heteroatoms. The summed E-state index contributed by atoms with van der Waals surface area (Å²) in [5.41, 5.74) is 14.9. The van der Waals surface area contributed by atoms with E-state index < -0.39 is 20.0 Å². The fraction of sp³-hybridized carbons (Fsp3) is 0.282. The van der Waals surface area contributed by atoms with E-state index in [0.29, 0.717) is 7.35 Å². The van der Waals surface area contributed by atoms with E-state index in [-0.39, 0.29) is 24.8 Å². The van der Waals surface area contributed by atoms with E-state index in [1.807, 2.05) is 0 Å². The third-order valence-corrected chi connectivity index (χ3v) is 32.7. The van der Waals surface area contributed by atoms with Crippen molar-refractivity contribution in [3.8, 4) is 33.8 Å². The third kappa shape index (κ3) is 5.23. The van der Waals surface area contributed by atoms with Gasteiger partial charge < -0.3 is 24.8 Å². The number of methoxy groups -OCH3 is 2. The van der Waals surface area contributed by atoms with Crippen LogP contribution in [0.15, 0.2) is 96.1 Å². The Labute approximate surface area is 279 Å². The first-order valence-corrected chi connectivity index (χ1v) is 24.8. The summed E-state index contributed by atoms with van der Waals surface area (Å²) in [6, 6.07) is 31.5. The van der Waals surface area contributed by atoms with Crippen LogP contribution in [0.1, 0.15) is 62.7 Å². The molecule has 44 heavy (non-hydrogen) atoms. The Balaban J connectivity index is 0.00000192. The Morgan fingerprint density at radius 1 is 0.591 bits per heavy atom. The molecule has 1 fully saturated rings. The molecule has 0 aromatic heterocycles. The van der Waals surface area contributed by atoms with Gasteiger partial charge in [0.05, 0.1) is 0 Å². The van der Waals surface area contributed by atoms with Gasteiger partial charge in [-0.1, -0.05) is 0 Å².